The van der Waals surface area contributed by atoms with E-state index in [1.165, 1.54) is 18.2 Å². The summed E-state index contributed by atoms with van der Waals surface area (Å²) in [5, 5.41) is 9.82. The van der Waals surface area contributed by atoms with Crippen molar-refractivity contribution >= 4 is 23.5 Å². The van der Waals surface area contributed by atoms with Gasteiger partial charge in [0.05, 0.1) is 0 Å². The molecule has 0 atom stereocenters. The first-order chi connectivity index (χ1) is 13.4. The maximum Gasteiger partial charge on any atom is 0.217 e. The molecule has 138 valence electrons. The molecule has 1 heterocycles. The van der Waals surface area contributed by atoms with Crippen LogP contribution in [0.2, 0.25) is 0 Å². The van der Waals surface area contributed by atoms with Gasteiger partial charge < -0.3 is 9.52 Å². The van der Waals surface area contributed by atoms with Crippen molar-refractivity contribution in [3.05, 3.63) is 75.4 Å². The van der Waals surface area contributed by atoms with E-state index < -0.39 is 22.8 Å². The average Bonchev–Trinajstić information content (AvgIpc) is 2.68. The first-order valence-electron chi connectivity index (χ1n) is 8.06. The van der Waals surface area contributed by atoms with E-state index in [9.17, 15) is 28.3 Å². The third kappa shape index (κ3) is 2.64. The van der Waals surface area contributed by atoms with E-state index >= 15 is 0 Å². The molecule has 0 radical (unpaired) electrons. The average molecular weight is 380 g/mol. The highest BCUT2D eigenvalue weighted by Crippen LogP contribution is 2.42. The van der Waals surface area contributed by atoms with Gasteiger partial charge in [0.1, 0.15) is 17.6 Å². The molecule has 28 heavy (non-hydrogen) atoms. The largest absolute Gasteiger partial charge is 0.505 e. The Labute approximate surface area is 155 Å². The quantitative estimate of drug-likeness (QED) is 0.426. The fraction of sp³-hybridized carbons (Fsp3) is 0. The number of benzene rings is 3. The fourth-order valence-corrected chi connectivity index (χ4v) is 3.17. The first kappa shape index (κ1) is 17.5. The number of halogens is 2. The van der Waals surface area contributed by atoms with Crippen LogP contribution in [0, 0.1) is 11.6 Å². The van der Waals surface area contributed by atoms with Crippen LogP contribution in [0.15, 0.2) is 51.7 Å². The van der Waals surface area contributed by atoms with E-state index in [0.29, 0.717) is 12.6 Å². The summed E-state index contributed by atoms with van der Waals surface area (Å²) < 4.78 is 33.6. The molecule has 2 aromatic carbocycles. The second-order valence-electron chi connectivity index (χ2n) is 6.14. The number of rotatable bonds is 3. The number of hydrogen-bond donors (Lipinski definition) is 1. The molecule has 1 N–H and O–H groups in total. The highest BCUT2D eigenvalue weighted by atomic mass is 19.1. The molecule has 5 nitrogen and oxygen atoms in total. The number of carbonyl (C=O) groups excluding carboxylic acids is 2. The second-order valence-corrected chi connectivity index (χ2v) is 6.14. The van der Waals surface area contributed by atoms with Gasteiger partial charge in [0.2, 0.25) is 5.43 Å². The van der Waals surface area contributed by atoms with Gasteiger partial charge in [-0.3, -0.25) is 14.4 Å². The van der Waals surface area contributed by atoms with Crippen LogP contribution in [-0.2, 0) is 0 Å². The molecule has 0 saturated carbocycles. The number of phenolic OH excluding ortho intramolecular Hbond substituents is 1. The second kappa shape index (κ2) is 6.38. The van der Waals surface area contributed by atoms with E-state index in [1.807, 2.05) is 0 Å². The lowest BCUT2D eigenvalue weighted by Gasteiger charge is -2.17. The van der Waals surface area contributed by atoms with Crippen molar-refractivity contribution in [2.45, 2.75) is 0 Å². The summed E-state index contributed by atoms with van der Waals surface area (Å²) in [5.41, 5.74) is 0.138. The minimum atomic E-state index is -1.04. The molecule has 0 saturated heterocycles. The molecule has 0 spiro atoms. The van der Waals surface area contributed by atoms with Crippen LogP contribution < -0.4 is 5.43 Å². The molecule has 0 fully saturated rings. The van der Waals surface area contributed by atoms with Gasteiger partial charge in [-0.25, -0.2) is 8.78 Å². The number of aromatic hydroxyl groups is 1. The van der Waals surface area contributed by atoms with Crippen LogP contribution in [0.3, 0.4) is 0 Å². The van der Waals surface area contributed by atoms with Crippen molar-refractivity contribution in [2.24, 2.45) is 0 Å². The molecule has 2 aromatic rings. The number of carbonyl (C=O) groups is 2. The number of aldehydes is 2. The van der Waals surface area contributed by atoms with E-state index in [2.05, 4.69) is 0 Å². The standard InChI is InChI=1S/C21H10F2O5/c22-15-4-13-19(6-17(15)26)28-20-7-18(27)16(23)5-14(20)21(13)12-2-1-10(8-24)3-11(12)9-25/h1-9,26H. The van der Waals surface area contributed by atoms with E-state index in [-0.39, 0.29) is 44.5 Å². The molecule has 0 unspecified atom stereocenters. The van der Waals surface area contributed by atoms with E-state index in [4.69, 9.17) is 4.42 Å². The van der Waals surface area contributed by atoms with Crippen LogP contribution in [0.1, 0.15) is 20.7 Å². The summed E-state index contributed by atoms with van der Waals surface area (Å²) >= 11 is 0. The molecule has 0 amide bonds. The third-order valence-electron chi connectivity index (χ3n) is 4.45. The van der Waals surface area contributed by atoms with Gasteiger partial charge in [-0.2, -0.15) is 0 Å². The third-order valence-corrected chi connectivity index (χ3v) is 4.45. The Bertz CT molecular complexity index is 1310. The highest BCUT2D eigenvalue weighted by molar-refractivity contribution is 6.06. The Morgan fingerprint density at radius 2 is 1.68 bits per heavy atom. The molecular weight excluding hydrogens is 370 g/mol. The SMILES string of the molecule is O=Cc1ccc(-c2c3cc(F)c(=O)cc-3oc3cc(O)c(F)cc23)c(C=O)c1. The summed E-state index contributed by atoms with van der Waals surface area (Å²) in [6.45, 7) is 0. The van der Waals surface area contributed by atoms with Crippen molar-refractivity contribution in [3.8, 4) is 28.2 Å². The van der Waals surface area contributed by atoms with Gasteiger partial charge in [-0.1, -0.05) is 12.1 Å². The van der Waals surface area contributed by atoms with Gasteiger partial charge in [-0.15, -0.1) is 0 Å². The topological polar surface area (TPSA) is 84.6 Å². The number of fused-ring (bicyclic) bond motifs is 2. The zero-order valence-electron chi connectivity index (χ0n) is 14.0. The Hall–Kier alpha value is -3.87. The maximum atomic E-state index is 14.1. The lowest BCUT2D eigenvalue weighted by atomic mass is 9.90. The van der Waals surface area contributed by atoms with Crippen molar-refractivity contribution in [3.63, 3.8) is 0 Å². The number of hydrogen-bond acceptors (Lipinski definition) is 5. The van der Waals surface area contributed by atoms with Crippen LogP contribution in [0.5, 0.6) is 5.75 Å². The van der Waals surface area contributed by atoms with Crippen LogP contribution in [0.25, 0.3) is 33.4 Å². The lowest BCUT2D eigenvalue weighted by molar-refractivity contribution is 0.112. The van der Waals surface area contributed by atoms with Crippen molar-refractivity contribution in [1.82, 2.24) is 0 Å². The molecule has 0 aromatic heterocycles. The zero-order valence-corrected chi connectivity index (χ0v) is 14.0. The van der Waals surface area contributed by atoms with E-state index in [0.717, 1.165) is 24.3 Å². The Morgan fingerprint density at radius 1 is 0.893 bits per heavy atom. The summed E-state index contributed by atoms with van der Waals surface area (Å²) in [7, 11) is 0. The minimum absolute atomic E-state index is 0.00350. The molecule has 4 rings (SSSR count). The van der Waals surface area contributed by atoms with Gasteiger partial charge in [0.25, 0.3) is 0 Å². The molecule has 1 aliphatic heterocycles. The molecule has 7 heteroatoms. The first-order valence-corrected chi connectivity index (χ1v) is 8.06. The van der Waals surface area contributed by atoms with Crippen molar-refractivity contribution < 1.29 is 27.9 Å². The minimum Gasteiger partial charge on any atom is -0.505 e. The van der Waals surface area contributed by atoms with Gasteiger partial charge >= 0.3 is 0 Å². The monoisotopic (exact) mass is 380 g/mol. The Morgan fingerprint density at radius 3 is 2.39 bits per heavy atom. The molecule has 2 aliphatic rings. The normalized spacial score (nSPS) is 11.1. The van der Waals surface area contributed by atoms with Crippen LogP contribution in [-0.4, -0.2) is 17.7 Å². The predicted octanol–water partition coefficient (Wildman–Crippen LogP) is 4.17. The van der Waals surface area contributed by atoms with Gasteiger partial charge in [0.15, 0.2) is 23.7 Å². The molecule has 0 bridgehead atoms. The summed E-state index contributed by atoms with van der Waals surface area (Å²) in [4.78, 5) is 34.3. The summed E-state index contributed by atoms with van der Waals surface area (Å²) in [6.07, 6.45) is 1.08. The van der Waals surface area contributed by atoms with Crippen molar-refractivity contribution in [2.75, 3.05) is 0 Å². The summed E-state index contributed by atoms with van der Waals surface area (Å²) in [5.74, 6) is -2.66. The Balaban J connectivity index is 2.24. The van der Waals surface area contributed by atoms with Gasteiger partial charge in [-0.05, 0) is 23.8 Å². The predicted molar refractivity (Wildman–Crippen MR) is 96.9 cm³/mol. The highest BCUT2D eigenvalue weighted by Gasteiger charge is 2.22. The smallest absolute Gasteiger partial charge is 0.217 e. The van der Waals surface area contributed by atoms with Crippen LogP contribution >= 0.6 is 0 Å². The Kier molecular flexibility index (Phi) is 4.00. The number of phenols is 1. The van der Waals surface area contributed by atoms with Crippen molar-refractivity contribution in [1.29, 1.82) is 0 Å². The molecule has 1 aliphatic carbocycles. The molecular formula is C21H10F2O5. The maximum absolute atomic E-state index is 14.1. The van der Waals surface area contributed by atoms with Gasteiger partial charge in [0, 0.05) is 39.8 Å². The lowest BCUT2D eigenvalue weighted by Crippen LogP contribution is -2.07. The van der Waals surface area contributed by atoms with Crippen LogP contribution in [0.4, 0.5) is 8.78 Å². The fourth-order valence-electron chi connectivity index (χ4n) is 3.17. The van der Waals surface area contributed by atoms with E-state index in [1.54, 1.807) is 0 Å². The zero-order chi connectivity index (χ0) is 20.0. The summed E-state index contributed by atoms with van der Waals surface area (Å²) in [6, 6.07) is 8.17.